The van der Waals surface area contributed by atoms with E-state index in [1.807, 2.05) is 24.3 Å². The molecule has 4 aromatic rings. The van der Waals surface area contributed by atoms with E-state index in [9.17, 15) is 9.59 Å². The summed E-state index contributed by atoms with van der Waals surface area (Å²) >= 11 is 0. The first-order chi connectivity index (χ1) is 16.6. The van der Waals surface area contributed by atoms with Crippen LogP contribution in [0, 0.1) is 0 Å². The van der Waals surface area contributed by atoms with Gasteiger partial charge in [0.1, 0.15) is 23.1 Å². The van der Waals surface area contributed by atoms with E-state index < -0.39 is 0 Å². The second-order valence-corrected chi connectivity index (χ2v) is 7.71. The highest BCUT2D eigenvalue weighted by atomic mass is 16.5. The first-order valence-corrected chi connectivity index (χ1v) is 10.8. The third kappa shape index (κ3) is 5.56. The summed E-state index contributed by atoms with van der Waals surface area (Å²) in [4.78, 5) is 33.0. The van der Waals surface area contributed by atoms with Gasteiger partial charge in [0.2, 0.25) is 0 Å². The molecule has 7 nitrogen and oxygen atoms in total. The smallest absolute Gasteiger partial charge is 0.162 e. The molecule has 34 heavy (non-hydrogen) atoms. The zero-order valence-electron chi connectivity index (χ0n) is 19.0. The van der Waals surface area contributed by atoms with Crippen molar-refractivity contribution in [3.05, 3.63) is 84.3 Å². The molecule has 7 heteroatoms. The number of pyridine rings is 2. The van der Waals surface area contributed by atoms with Crippen LogP contribution in [0.15, 0.2) is 73.1 Å². The molecule has 172 valence electrons. The third-order valence-electron chi connectivity index (χ3n) is 5.26. The van der Waals surface area contributed by atoms with Gasteiger partial charge in [0.05, 0.1) is 26.2 Å². The van der Waals surface area contributed by atoms with Crippen molar-refractivity contribution in [1.29, 1.82) is 0 Å². The number of Topliss-reactive ketones (excluding diaryl/α,β-unsaturated/α-hetero) is 2. The number of benzene rings is 2. The van der Waals surface area contributed by atoms with Gasteiger partial charge in [0.25, 0.3) is 0 Å². The first-order valence-electron chi connectivity index (χ1n) is 10.8. The summed E-state index contributed by atoms with van der Waals surface area (Å²) in [5, 5.41) is 0.783. The average Bonchev–Trinajstić information content (AvgIpc) is 2.85. The molecule has 0 amide bonds. The number of rotatable bonds is 10. The standard InChI is InChI=1S/C27H24N2O5/c1-32-26-16-23-24(17-27(26)33-2)29-12-10-25(23)34-22-8-6-18(7-9-22)13-20(30)15-21(31)14-19-5-3-4-11-28-19/h3-12,16-17H,13-15H2,1-2H3. The highest BCUT2D eigenvalue weighted by molar-refractivity contribution is 6.00. The number of hydrogen-bond acceptors (Lipinski definition) is 7. The van der Waals surface area contributed by atoms with Gasteiger partial charge >= 0.3 is 0 Å². The van der Waals surface area contributed by atoms with Crippen molar-refractivity contribution in [2.24, 2.45) is 0 Å². The number of methoxy groups -OCH3 is 2. The van der Waals surface area contributed by atoms with Crippen LogP contribution < -0.4 is 14.2 Å². The first kappa shape index (κ1) is 22.9. The van der Waals surface area contributed by atoms with Gasteiger partial charge in [0.15, 0.2) is 11.5 Å². The zero-order chi connectivity index (χ0) is 23.9. The Hall–Kier alpha value is -4.26. The number of ether oxygens (including phenoxy) is 3. The van der Waals surface area contributed by atoms with E-state index in [4.69, 9.17) is 14.2 Å². The van der Waals surface area contributed by atoms with Crippen LogP contribution in [0.2, 0.25) is 0 Å². The Labute approximate surface area is 197 Å². The fraction of sp³-hybridized carbons (Fsp3) is 0.185. The lowest BCUT2D eigenvalue weighted by atomic mass is 10.0. The number of hydrogen-bond donors (Lipinski definition) is 0. The van der Waals surface area contributed by atoms with Crippen molar-refractivity contribution < 1.29 is 23.8 Å². The van der Waals surface area contributed by atoms with Gasteiger partial charge in [-0.05, 0) is 42.0 Å². The lowest BCUT2D eigenvalue weighted by molar-refractivity contribution is -0.126. The average molecular weight is 456 g/mol. The van der Waals surface area contributed by atoms with Gasteiger partial charge in [0, 0.05) is 42.4 Å². The summed E-state index contributed by atoms with van der Waals surface area (Å²) in [5.74, 6) is 2.14. The molecule has 0 aliphatic carbocycles. The molecule has 2 aromatic heterocycles. The topological polar surface area (TPSA) is 87.6 Å². The molecule has 2 heterocycles. The molecule has 4 rings (SSSR count). The maximum atomic E-state index is 12.3. The lowest BCUT2D eigenvalue weighted by Crippen LogP contribution is -2.12. The normalized spacial score (nSPS) is 10.6. The maximum Gasteiger partial charge on any atom is 0.162 e. The van der Waals surface area contributed by atoms with Crippen LogP contribution in [0.1, 0.15) is 17.7 Å². The lowest BCUT2D eigenvalue weighted by Gasteiger charge is -2.12. The molecule has 0 spiro atoms. The molecule has 2 aromatic carbocycles. The molecule has 0 aliphatic heterocycles. The Bertz CT molecular complexity index is 1300. The van der Waals surface area contributed by atoms with Crippen LogP contribution in [0.25, 0.3) is 10.9 Å². The van der Waals surface area contributed by atoms with Gasteiger partial charge < -0.3 is 14.2 Å². The van der Waals surface area contributed by atoms with Crippen molar-refractivity contribution in [3.8, 4) is 23.0 Å². The Morgan fingerprint density at radius 3 is 2.21 bits per heavy atom. The largest absolute Gasteiger partial charge is 0.493 e. The molecule has 0 atom stereocenters. The molecule has 0 radical (unpaired) electrons. The van der Waals surface area contributed by atoms with Crippen LogP contribution in [0.4, 0.5) is 0 Å². The monoisotopic (exact) mass is 456 g/mol. The third-order valence-corrected chi connectivity index (χ3v) is 5.26. The number of carbonyl (C=O) groups excluding carboxylic acids is 2. The van der Waals surface area contributed by atoms with Crippen molar-refractivity contribution in [2.75, 3.05) is 14.2 Å². The second kappa shape index (κ2) is 10.6. The van der Waals surface area contributed by atoms with Gasteiger partial charge in [-0.2, -0.15) is 0 Å². The van der Waals surface area contributed by atoms with Crippen LogP contribution in [0.3, 0.4) is 0 Å². The van der Waals surface area contributed by atoms with E-state index in [0.717, 1.165) is 10.9 Å². The molecule has 0 saturated heterocycles. The second-order valence-electron chi connectivity index (χ2n) is 7.71. The number of ketones is 2. The SMILES string of the molecule is COc1cc2nccc(Oc3ccc(CC(=O)CC(=O)Cc4ccccn4)cc3)c2cc1OC. The number of aromatic nitrogens is 2. The van der Waals surface area contributed by atoms with E-state index in [1.54, 1.807) is 63.0 Å². The predicted octanol–water partition coefficient (Wildman–Crippen LogP) is 4.75. The van der Waals surface area contributed by atoms with E-state index in [0.29, 0.717) is 34.2 Å². The minimum atomic E-state index is -0.139. The number of fused-ring (bicyclic) bond motifs is 1. The quantitative estimate of drug-likeness (QED) is 0.318. The van der Waals surface area contributed by atoms with E-state index >= 15 is 0 Å². The molecule has 0 saturated carbocycles. The van der Waals surface area contributed by atoms with Crippen LogP contribution in [0.5, 0.6) is 23.0 Å². The summed E-state index contributed by atoms with van der Waals surface area (Å²) in [6, 6.07) is 18.0. The van der Waals surface area contributed by atoms with Crippen LogP contribution >= 0.6 is 0 Å². The fourth-order valence-corrected chi connectivity index (χ4v) is 3.62. The molecule has 0 unspecified atom stereocenters. The van der Waals surface area contributed by atoms with Crippen molar-refractivity contribution in [1.82, 2.24) is 9.97 Å². The molecule has 0 bridgehead atoms. The Kier molecular flexibility index (Phi) is 7.13. The summed E-state index contributed by atoms with van der Waals surface area (Å²) in [6.07, 6.45) is 3.54. The number of nitrogens with zero attached hydrogens (tertiary/aromatic N) is 2. The van der Waals surface area contributed by atoms with E-state index in [1.165, 1.54) is 0 Å². The minimum Gasteiger partial charge on any atom is -0.493 e. The van der Waals surface area contributed by atoms with Crippen molar-refractivity contribution in [3.63, 3.8) is 0 Å². The van der Waals surface area contributed by atoms with E-state index in [-0.39, 0.29) is 30.8 Å². The maximum absolute atomic E-state index is 12.3. The van der Waals surface area contributed by atoms with Gasteiger partial charge in [-0.3, -0.25) is 19.6 Å². The Morgan fingerprint density at radius 1 is 0.765 bits per heavy atom. The van der Waals surface area contributed by atoms with Crippen molar-refractivity contribution in [2.45, 2.75) is 19.3 Å². The predicted molar refractivity (Wildman–Crippen MR) is 128 cm³/mol. The van der Waals surface area contributed by atoms with Gasteiger partial charge in [-0.25, -0.2) is 0 Å². The highest BCUT2D eigenvalue weighted by Gasteiger charge is 2.13. The molecular formula is C27H24N2O5. The summed E-state index contributed by atoms with van der Waals surface area (Å²) in [7, 11) is 3.15. The Balaban J connectivity index is 1.40. The number of carbonyl (C=O) groups is 2. The summed E-state index contributed by atoms with van der Waals surface area (Å²) in [5.41, 5.74) is 2.20. The summed E-state index contributed by atoms with van der Waals surface area (Å²) in [6.45, 7) is 0. The van der Waals surface area contributed by atoms with Crippen LogP contribution in [-0.4, -0.2) is 35.8 Å². The van der Waals surface area contributed by atoms with Gasteiger partial charge in [-0.1, -0.05) is 18.2 Å². The zero-order valence-corrected chi connectivity index (χ0v) is 19.0. The molecule has 0 fully saturated rings. The minimum absolute atomic E-state index is 0.108. The van der Waals surface area contributed by atoms with Crippen molar-refractivity contribution >= 4 is 22.5 Å². The Morgan fingerprint density at radius 2 is 1.50 bits per heavy atom. The highest BCUT2D eigenvalue weighted by Crippen LogP contribution is 2.36. The molecular weight excluding hydrogens is 432 g/mol. The molecule has 0 N–H and O–H groups in total. The van der Waals surface area contributed by atoms with Gasteiger partial charge in [-0.15, -0.1) is 0 Å². The fourth-order valence-electron chi connectivity index (χ4n) is 3.62. The molecule has 0 aliphatic rings. The van der Waals surface area contributed by atoms with E-state index in [2.05, 4.69) is 9.97 Å². The summed E-state index contributed by atoms with van der Waals surface area (Å²) < 4.78 is 16.8. The van der Waals surface area contributed by atoms with Crippen LogP contribution in [-0.2, 0) is 22.4 Å².